The minimum absolute atomic E-state index is 0.0880. The Hall–Kier alpha value is -1.47. The van der Waals surface area contributed by atoms with E-state index in [1.165, 1.54) is 6.34 Å². The van der Waals surface area contributed by atoms with Gasteiger partial charge >= 0.3 is 5.97 Å². The fourth-order valence-corrected chi connectivity index (χ4v) is 0.374. The maximum absolute atomic E-state index is 9.98. The molecule has 1 rings (SSSR count). The molecule has 7 nitrogen and oxygen atoms in total. The molecule has 13 heavy (non-hydrogen) atoms. The lowest BCUT2D eigenvalue weighted by atomic mass is 10.3. The first-order valence-corrected chi connectivity index (χ1v) is 3.46. The second kappa shape index (κ2) is 6.09. The van der Waals surface area contributed by atoms with Crippen LogP contribution in [0.2, 0.25) is 0 Å². The largest absolute Gasteiger partial charge is 0.480 e. The Morgan fingerprint density at radius 3 is 2.54 bits per heavy atom. The van der Waals surface area contributed by atoms with E-state index in [0.29, 0.717) is 6.54 Å². The highest BCUT2D eigenvalue weighted by Gasteiger charge is 2.07. The summed E-state index contributed by atoms with van der Waals surface area (Å²) in [6.07, 6.45) is 1.41. The number of hydrogen-bond acceptors (Lipinski definition) is 5. The predicted molar refractivity (Wildman–Crippen MR) is 44.2 cm³/mol. The standard InChI is InChI=1S/C3H4N2O.C3H7NO3/c6-3-1-4-2-5-3;4-2(1-5)3(6)7/h2H,1H2,(H,4,5,6);2,5H,1,4H2,(H,6,7). The Morgan fingerprint density at radius 1 is 1.85 bits per heavy atom. The summed E-state index contributed by atoms with van der Waals surface area (Å²) in [5.41, 5.74) is 4.77. The Morgan fingerprint density at radius 2 is 2.46 bits per heavy atom. The SMILES string of the molecule is NC(CO)C(=O)O.O=C1CNC=N1. The van der Waals surface area contributed by atoms with Crippen LogP contribution in [0.4, 0.5) is 0 Å². The molecule has 1 aliphatic rings. The molecule has 1 aliphatic heterocycles. The zero-order chi connectivity index (χ0) is 10.3. The van der Waals surface area contributed by atoms with E-state index in [9.17, 15) is 9.59 Å². The van der Waals surface area contributed by atoms with Gasteiger partial charge in [-0.05, 0) is 0 Å². The lowest BCUT2D eigenvalue weighted by Crippen LogP contribution is -2.33. The molecule has 0 aliphatic carbocycles. The molecule has 1 heterocycles. The number of aliphatic imine (C=N–C) groups is 1. The molecule has 7 heteroatoms. The zero-order valence-corrected chi connectivity index (χ0v) is 6.80. The number of carbonyl (C=O) groups excluding carboxylic acids is 1. The van der Waals surface area contributed by atoms with Crippen LogP contribution in [0.25, 0.3) is 0 Å². The van der Waals surface area contributed by atoms with Crippen LogP contribution in [0.15, 0.2) is 4.99 Å². The Bertz CT molecular complexity index is 216. The first-order valence-electron chi connectivity index (χ1n) is 3.46. The second-order valence-corrected chi connectivity index (χ2v) is 2.16. The Kier molecular flexibility index (Phi) is 5.40. The number of aliphatic hydroxyl groups is 1. The first kappa shape index (κ1) is 11.5. The van der Waals surface area contributed by atoms with Gasteiger partial charge in [0.05, 0.1) is 19.5 Å². The summed E-state index contributed by atoms with van der Waals surface area (Å²) in [5, 5.41) is 18.5. The molecule has 5 N–H and O–H groups in total. The third-order valence-corrected chi connectivity index (χ3v) is 1.07. The van der Waals surface area contributed by atoms with Gasteiger partial charge in [-0.2, -0.15) is 0 Å². The van der Waals surface area contributed by atoms with Crippen molar-refractivity contribution in [3.05, 3.63) is 0 Å². The number of aliphatic carboxylic acids is 1. The van der Waals surface area contributed by atoms with Gasteiger partial charge in [0.1, 0.15) is 6.04 Å². The Balaban J connectivity index is 0.000000223. The van der Waals surface area contributed by atoms with Crippen molar-refractivity contribution < 1.29 is 19.8 Å². The maximum Gasteiger partial charge on any atom is 0.322 e. The molecule has 0 saturated carbocycles. The van der Waals surface area contributed by atoms with Crippen molar-refractivity contribution in [1.29, 1.82) is 0 Å². The monoisotopic (exact) mass is 189 g/mol. The maximum atomic E-state index is 9.98. The van der Waals surface area contributed by atoms with Gasteiger partial charge in [0.25, 0.3) is 5.91 Å². The van der Waals surface area contributed by atoms with Crippen LogP contribution >= 0.6 is 0 Å². The van der Waals surface area contributed by atoms with Gasteiger partial charge in [0.15, 0.2) is 0 Å². The van der Waals surface area contributed by atoms with E-state index in [2.05, 4.69) is 10.3 Å². The number of carbonyl (C=O) groups is 2. The van der Waals surface area contributed by atoms with Crippen molar-refractivity contribution >= 4 is 18.2 Å². The molecule has 0 radical (unpaired) electrons. The van der Waals surface area contributed by atoms with E-state index >= 15 is 0 Å². The summed E-state index contributed by atoms with van der Waals surface area (Å²) in [6.45, 7) is -0.130. The number of nitrogens with zero attached hydrogens (tertiary/aromatic N) is 1. The number of carboxylic acids is 1. The van der Waals surface area contributed by atoms with Crippen LogP contribution in [-0.4, -0.2) is 47.6 Å². The number of nitrogens with two attached hydrogens (primary N) is 1. The van der Waals surface area contributed by atoms with E-state index in [-0.39, 0.29) is 5.91 Å². The number of carboxylic acid groups (broad SMARTS) is 1. The summed E-state index contributed by atoms with van der Waals surface area (Å²) in [5.74, 6) is -1.27. The van der Waals surface area contributed by atoms with Crippen molar-refractivity contribution in [2.75, 3.05) is 13.2 Å². The highest BCUT2D eigenvalue weighted by atomic mass is 16.4. The summed E-state index contributed by atoms with van der Waals surface area (Å²) >= 11 is 0. The van der Waals surface area contributed by atoms with Gasteiger partial charge in [0, 0.05) is 0 Å². The predicted octanol–water partition coefficient (Wildman–Crippen LogP) is -2.46. The highest BCUT2D eigenvalue weighted by Crippen LogP contribution is 1.74. The second-order valence-electron chi connectivity index (χ2n) is 2.16. The van der Waals surface area contributed by atoms with Crippen LogP contribution in [0.5, 0.6) is 0 Å². The van der Waals surface area contributed by atoms with Crippen LogP contribution in [-0.2, 0) is 9.59 Å². The van der Waals surface area contributed by atoms with Crippen LogP contribution < -0.4 is 11.1 Å². The molecule has 0 spiro atoms. The quantitative estimate of drug-likeness (QED) is 0.381. The van der Waals surface area contributed by atoms with E-state index in [1.807, 2.05) is 0 Å². The minimum atomic E-state index is -1.18. The van der Waals surface area contributed by atoms with Gasteiger partial charge in [-0.25, -0.2) is 4.99 Å². The molecule has 1 unspecified atom stereocenters. The molecule has 0 aromatic heterocycles. The summed E-state index contributed by atoms with van der Waals surface area (Å²) in [4.78, 5) is 23.0. The third-order valence-electron chi connectivity index (χ3n) is 1.07. The van der Waals surface area contributed by atoms with Crippen LogP contribution in [0.3, 0.4) is 0 Å². The number of nitrogens with one attached hydrogen (secondary N) is 1. The average molecular weight is 189 g/mol. The fraction of sp³-hybridized carbons (Fsp3) is 0.500. The summed E-state index contributed by atoms with van der Waals surface area (Å²) in [7, 11) is 0. The zero-order valence-electron chi connectivity index (χ0n) is 6.80. The molecular weight excluding hydrogens is 178 g/mol. The van der Waals surface area contributed by atoms with Gasteiger partial charge in [0.2, 0.25) is 0 Å². The topological polar surface area (TPSA) is 125 Å². The minimum Gasteiger partial charge on any atom is -0.480 e. The van der Waals surface area contributed by atoms with Crippen LogP contribution in [0, 0.1) is 0 Å². The molecular formula is C6H11N3O4. The lowest BCUT2D eigenvalue weighted by molar-refractivity contribution is -0.139. The van der Waals surface area contributed by atoms with E-state index in [1.54, 1.807) is 0 Å². The number of aliphatic hydroxyl groups excluding tert-OH is 1. The normalized spacial score (nSPS) is 15.7. The summed E-state index contributed by atoms with van der Waals surface area (Å²) in [6, 6.07) is -1.13. The lowest BCUT2D eigenvalue weighted by Gasteiger charge is -1.96. The van der Waals surface area contributed by atoms with Crippen molar-refractivity contribution in [2.45, 2.75) is 6.04 Å². The smallest absolute Gasteiger partial charge is 0.322 e. The van der Waals surface area contributed by atoms with Gasteiger partial charge in [-0.3, -0.25) is 9.59 Å². The van der Waals surface area contributed by atoms with Gasteiger partial charge in [-0.1, -0.05) is 0 Å². The van der Waals surface area contributed by atoms with Crippen molar-refractivity contribution in [2.24, 2.45) is 10.7 Å². The molecule has 0 aromatic carbocycles. The average Bonchev–Trinajstić information content (AvgIpc) is 2.55. The molecule has 1 amide bonds. The van der Waals surface area contributed by atoms with Crippen molar-refractivity contribution in [3.63, 3.8) is 0 Å². The van der Waals surface area contributed by atoms with Gasteiger partial charge in [-0.15, -0.1) is 0 Å². The van der Waals surface area contributed by atoms with Crippen LogP contribution in [0.1, 0.15) is 0 Å². The van der Waals surface area contributed by atoms with E-state index in [4.69, 9.17) is 15.9 Å². The molecule has 0 bridgehead atoms. The number of amides is 1. The Labute approximate surface area is 74.3 Å². The van der Waals surface area contributed by atoms with Crippen molar-refractivity contribution in [1.82, 2.24) is 5.32 Å². The molecule has 74 valence electrons. The number of rotatable bonds is 2. The third kappa shape index (κ3) is 5.76. The molecule has 0 aromatic rings. The van der Waals surface area contributed by atoms with E-state index < -0.39 is 18.6 Å². The molecule has 0 saturated heterocycles. The highest BCUT2D eigenvalue weighted by molar-refractivity contribution is 5.91. The van der Waals surface area contributed by atoms with Crippen molar-refractivity contribution in [3.8, 4) is 0 Å². The first-order chi connectivity index (χ1) is 6.07. The number of hydrogen-bond donors (Lipinski definition) is 4. The van der Waals surface area contributed by atoms with E-state index in [0.717, 1.165) is 0 Å². The molecule has 1 atom stereocenters. The fourth-order valence-electron chi connectivity index (χ4n) is 0.374. The van der Waals surface area contributed by atoms with Gasteiger partial charge < -0.3 is 21.3 Å². The molecule has 0 fully saturated rings. The summed E-state index contributed by atoms with van der Waals surface area (Å²) < 4.78 is 0.